The highest BCUT2D eigenvalue weighted by Crippen LogP contribution is 2.40. The quantitative estimate of drug-likeness (QED) is 0.325. The van der Waals surface area contributed by atoms with E-state index in [1.807, 2.05) is 24.3 Å². The zero-order valence-corrected chi connectivity index (χ0v) is 19.3. The minimum Gasteiger partial charge on any atom is -0.494 e. The number of rotatable bonds is 7. The molecule has 3 heterocycles. The van der Waals surface area contributed by atoms with Crippen molar-refractivity contribution in [1.82, 2.24) is 9.97 Å². The first kappa shape index (κ1) is 22.1. The van der Waals surface area contributed by atoms with Crippen molar-refractivity contribution >= 4 is 34.4 Å². The van der Waals surface area contributed by atoms with Crippen LogP contribution in [0.25, 0.3) is 11.0 Å². The predicted octanol–water partition coefficient (Wildman–Crippen LogP) is 5.56. The van der Waals surface area contributed by atoms with Crippen molar-refractivity contribution in [1.29, 1.82) is 0 Å². The number of hydrogen-bond acceptors (Lipinski definition) is 6. The molecule has 4 aromatic rings. The fourth-order valence-electron chi connectivity index (χ4n) is 4.20. The molecular formula is C26H22ClN3O4. The Balaban J connectivity index is 1.67. The van der Waals surface area contributed by atoms with E-state index in [9.17, 15) is 9.59 Å². The van der Waals surface area contributed by atoms with Gasteiger partial charge in [0, 0.05) is 17.4 Å². The largest absolute Gasteiger partial charge is 0.494 e. The Hall–Kier alpha value is -3.71. The summed E-state index contributed by atoms with van der Waals surface area (Å²) in [5.74, 6) is 0.345. The average molecular weight is 476 g/mol. The maximum atomic E-state index is 13.6. The van der Waals surface area contributed by atoms with Crippen LogP contribution in [0.1, 0.15) is 53.9 Å². The van der Waals surface area contributed by atoms with Crippen molar-refractivity contribution in [2.24, 2.45) is 0 Å². The number of amides is 1. The summed E-state index contributed by atoms with van der Waals surface area (Å²) in [7, 11) is 0. The normalized spacial score (nSPS) is 15.1. The van der Waals surface area contributed by atoms with Crippen molar-refractivity contribution in [2.75, 3.05) is 11.5 Å². The Morgan fingerprint density at radius 1 is 1.06 bits per heavy atom. The number of unbranched alkanes of at least 4 members (excludes halogenated alkanes) is 2. The third-order valence-corrected chi connectivity index (χ3v) is 6.03. The summed E-state index contributed by atoms with van der Waals surface area (Å²) >= 11 is 6.15. The fourth-order valence-corrected chi connectivity index (χ4v) is 4.37. The van der Waals surface area contributed by atoms with Crippen LogP contribution in [0.15, 0.2) is 70.1 Å². The summed E-state index contributed by atoms with van der Waals surface area (Å²) < 4.78 is 11.9. The van der Waals surface area contributed by atoms with Gasteiger partial charge in [0.15, 0.2) is 5.43 Å². The first-order chi connectivity index (χ1) is 16.6. The molecule has 172 valence electrons. The molecule has 0 saturated heterocycles. The molecule has 1 aliphatic rings. The van der Waals surface area contributed by atoms with Crippen molar-refractivity contribution in [3.63, 3.8) is 0 Å². The molecule has 0 spiro atoms. The van der Waals surface area contributed by atoms with Gasteiger partial charge in [-0.3, -0.25) is 14.5 Å². The van der Waals surface area contributed by atoms with E-state index in [4.69, 9.17) is 20.8 Å². The van der Waals surface area contributed by atoms with Gasteiger partial charge in [0.1, 0.15) is 11.3 Å². The maximum Gasteiger partial charge on any atom is 0.297 e. The molecular weight excluding hydrogens is 454 g/mol. The summed E-state index contributed by atoms with van der Waals surface area (Å²) in [6, 6.07) is 13.1. The lowest BCUT2D eigenvalue weighted by Gasteiger charge is -2.23. The number of anilines is 1. The van der Waals surface area contributed by atoms with Crippen LogP contribution in [0.3, 0.4) is 0 Å². The number of halogens is 1. The molecule has 2 aromatic carbocycles. The molecule has 34 heavy (non-hydrogen) atoms. The van der Waals surface area contributed by atoms with E-state index in [1.54, 1.807) is 36.7 Å². The number of aromatic nitrogens is 2. The number of fused-ring (bicyclic) bond motifs is 2. The van der Waals surface area contributed by atoms with Crippen LogP contribution in [0.5, 0.6) is 5.75 Å². The molecule has 1 amide bonds. The third kappa shape index (κ3) is 3.92. The summed E-state index contributed by atoms with van der Waals surface area (Å²) in [6.45, 7) is 2.73. The summed E-state index contributed by atoms with van der Waals surface area (Å²) in [5, 5.41) is 0.721. The predicted molar refractivity (Wildman–Crippen MR) is 130 cm³/mol. The molecule has 1 unspecified atom stereocenters. The number of carbonyl (C=O) groups excluding carboxylic acids is 1. The summed E-state index contributed by atoms with van der Waals surface area (Å²) in [6.07, 6.45) is 6.23. The van der Waals surface area contributed by atoms with Crippen molar-refractivity contribution in [3.05, 3.63) is 93.1 Å². The van der Waals surface area contributed by atoms with Crippen LogP contribution in [0.2, 0.25) is 5.02 Å². The van der Waals surface area contributed by atoms with E-state index >= 15 is 0 Å². The number of carbonyl (C=O) groups is 1. The lowest BCUT2D eigenvalue weighted by Crippen LogP contribution is -2.31. The van der Waals surface area contributed by atoms with Crippen LogP contribution in [-0.4, -0.2) is 22.5 Å². The van der Waals surface area contributed by atoms with Gasteiger partial charge in [-0.2, -0.15) is 0 Å². The molecule has 5 rings (SSSR count). The highest BCUT2D eigenvalue weighted by atomic mass is 35.5. The summed E-state index contributed by atoms with van der Waals surface area (Å²) in [4.78, 5) is 37.1. The highest BCUT2D eigenvalue weighted by molar-refractivity contribution is 6.31. The zero-order chi connectivity index (χ0) is 23.7. The number of benzene rings is 2. The molecule has 0 saturated carbocycles. The van der Waals surface area contributed by atoms with Gasteiger partial charge in [0.05, 0.1) is 23.6 Å². The van der Waals surface area contributed by atoms with Crippen LogP contribution in [0, 0.1) is 0 Å². The first-order valence-corrected chi connectivity index (χ1v) is 11.6. The van der Waals surface area contributed by atoms with Gasteiger partial charge in [0.2, 0.25) is 11.7 Å². The minimum absolute atomic E-state index is 0.0217. The van der Waals surface area contributed by atoms with E-state index in [0.717, 1.165) is 19.3 Å². The zero-order valence-electron chi connectivity index (χ0n) is 18.5. The second kappa shape index (κ2) is 9.27. The Morgan fingerprint density at radius 3 is 2.68 bits per heavy atom. The van der Waals surface area contributed by atoms with Gasteiger partial charge in [-0.1, -0.05) is 43.5 Å². The highest BCUT2D eigenvalue weighted by Gasteiger charge is 2.45. The average Bonchev–Trinajstić information content (AvgIpc) is 3.15. The standard InChI is InChI=1S/C26H22ClN3O4/c1-2-3-4-13-33-18-8-5-7-16(14-18)22-21-23(31)19-15-17(27)9-10-20(19)34-24(21)25(32)30(22)26-28-11-6-12-29-26/h5-12,14-15,22H,2-4,13H2,1H3. The third-order valence-electron chi connectivity index (χ3n) is 5.79. The molecule has 0 bridgehead atoms. The smallest absolute Gasteiger partial charge is 0.297 e. The maximum absolute atomic E-state index is 13.6. The number of nitrogens with zero attached hydrogens (tertiary/aromatic N) is 3. The van der Waals surface area contributed by atoms with Gasteiger partial charge in [-0.05, 0) is 48.4 Å². The van der Waals surface area contributed by atoms with Gasteiger partial charge >= 0.3 is 0 Å². The molecule has 7 nitrogen and oxygen atoms in total. The second-order valence-corrected chi connectivity index (χ2v) is 8.51. The molecule has 1 aliphatic heterocycles. The molecule has 0 fully saturated rings. The van der Waals surface area contributed by atoms with E-state index in [0.29, 0.717) is 33.9 Å². The van der Waals surface area contributed by atoms with Gasteiger partial charge in [-0.15, -0.1) is 0 Å². The van der Waals surface area contributed by atoms with Gasteiger partial charge < -0.3 is 9.15 Å². The summed E-state index contributed by atoms with van der Waals surface area (Å²) in [5.41, 5.74) is 0.908. The molecule has 8 heteroatoms. The Morgan fingerprint density at radius 2 is 1.88 bits per heavy atom. The lowest BCUT2D eigenvalue weighted by molar-refractivity contribution is 0.0969. The molecule has 0 radical (unpaired) electrons. The monoisotopic (exact) mass is 475 g/mol. The number of ether oxygens (including phenoxy) is 1. The lowest BCUT2D eigenvalue weighted by atomic mass is 9.98. The van der Waals surface area contributed by atoms with Crippen LogP contribution >= 0.6 is 11.6 Å². The van der Waals surface area contributed by atoms with Crippen LogP contribution in [0.4, 0.5) is 5.95 Å². The van der Waals surface area contributed by atoms with E-state index < -0.39 is 11.9 Å². The minimum atomic E-state index is -0.774. The van der Waals surface area contributed by atoms with Gasteiger partial charge in [-0.25, -0.2) is 9.97 Å². The molecule has 0 N–H and O–H groups in total. The Kier molecular flexibility index (Phi) is 6.02. The topological polar surface area (TPSA) is 85.5 Å². The molecule has 0 aliphatic carbocycles. The van der Waals surface area contributed by atoms with Crippen molar-refractivity contribution < 1.29 is 13.9 Å². The Bertz CT molecular complexity index is 1420. The van der Waals surface area contributed by atoms with E-state index in [-0.39, 0.29) is 22.7 Å². The first-order valence-electron chi connectivity index (χ1n) is 11.2. The second-order valence-electron chi connectivity index (χ2n) is 8.07. The van der Waals surface area contributed by atoms with Crippen molar-refractivity contribution in [3.8, 4) is 5.75 Å². The number of hydrogen-bond donors (Lipinski definition) is 0. The van der Waals surface area contributed by atoms with Crippen molar-refractivity contribution in [2.45, 2.75) is 32.2 Å². The van der Waals surface area contributed by atoms with Gasteiger partial charge in [0.25, 0.3) is 5.91 Å². The molecule has 2 aromatic heterocycles. The molecule has 1 atom stereocenters. The Labute approximate surface area is 201 Å². The van der Waals surface area contributed by atoms with E-state index in [2.05, 4.69) is 16.9 Å². The SMILES string of the molecule is CCCCCOc1cccc(C2c3c(oc4ccc(Cl)cc4c3=O)C(=O)N2c2ncccn2)c1. The fraction of sp³-hybridized carbons (Fsp3) is 0.231. The van der Waals surface area contributed by atoms with Crippen LogP contribution < -0.4 is 15.1 Å². The van der Waals surface area contributed by atoms with E-state index in [1.165, 1.54) is 4.90 Å². The van der Waals surface area contributed by atoms with Crippen LogP contribution in [-0.2, 0) is 0 Å².